The number of pyridine rings is 1. The Labute approximate surface area is 141 Å². The number of nitrogens with one attached hydrogen (secondary N) is 3. The molecule has 3 amide bonds. The molecular weight excluding hydrogens is 304 g/mol. The molecule has 24 heavy (non-hydrogen) atoms. The Morgan fingerprint density at radius 1 is 0.958 bits per heavy atom. The van der Waals surface area contributed by atoms with E-state index in [9.17, 15) is 9.59 Å². The van der Waals surface area contributed by atoms with Gasteiger partial charge < -0.3 is 16.0 Å². The van der Waals surface area contributed by atoms with Crippen LogP contribution in [0.15, 0.2) is 48.7 Å². The lowest BCUT2D eigenvalue weighted by molar-refractivity contribution is -0.114. The van der Waals surface area contributed by atoms with Crippen LogP contribution in [0.3, 0.4) is 0 Å². The van der Waals surface area contributed by atoms with E-state index in [1.54, 1.807) is 6.20 Å². The third-order valence-electron chi connectivity index (χ3n) is 3.37. The molecule has 2 aromatic rings. The number of hydrogen-bond acceptors (Lipinski definition) is 3. The predicted molar refractivity (Wildman–Crippen MR) is 93.8 cm³/mol. The highest BCUT2D eigenvalue weighted by molar-refractivity contribution is 5.88. The highest BCUT2D eigenvalue weighted by Gasteiger charge is 2.01. The van der Waals surface area contributed by atoms with Crippen LogP contribution < -0.4 is 16.0 Å². The van der Waals surface area contributed by atoms with Crippen LogP contribution in [0.5, 0.6) is 0 Å². The summed E-state index contributed by atoms with van der Waals surface area (Å²) in [7, 11) is 0. The number of urea groups is 1. The summed E-state index contributed by atoms with van der Waals surface area (Å²) in [5.74, 6) is -0.0909. The molecule has 2 rings (SSSR count). The molecule has 0 saturated carbocycles. The number of nitrogens with zero attached hydrogens (tertiary/aromatic N) is 1. The smallest absolute Gasteiger partial charge is 0.314 e. The Hall–Kier alpha value is -2.89. The van der Waals surface area contributed by atoms with E-state index in [1.165, 1.54) is 6.92 Å². The zero-order chi connectivity index (χ0) is 17.2. The molecule has 1 aromatic heterocycles. The highest BCUT2D eigenvalue weighted by Crippen LogP contribution is 2.09. The molecule has 0 bridgehead atoms. The SMILES string of the molecule is CC(=O)Nc1ccc(CCNC(=O)NCCc2ccccn2)cc1. The van der Waals surface area contributed by atoms with Gasteiger partial charge in [-0.05, 0) is 36.2 Å². The molecule has 126 valence electrons. The number of benzene rings is 1. The Bertz CT molecular complexity index is 656. The van der Waals surface area contributed by atoms with Crippen LogP contribution in [0.4, 0.5) is 10.5 Å². The third-order valence-corrected chi connectivity index (χ3v) is 3.37. The first-order chi connectivity index (χ1) is 11.6. The van der Waals surface area contributed by atoms with Crippen molar-refractivity contribution < 1.29 is 9.59 Å². The van der Waals surface area contributed by atoms with Crippen LogP contribution in [0.25, 0.3) is 0 Å². The van der Waals surface area contributed by atoms with Crippen molar-refractivity contribution in [1.29, 1.82) is 0 Å². The number of carbonyl (C=O) groups excluding carboxylic acids is 2. The monoisotopic (exact) mass is 326 g/mol. The van der Waals surface area contributed by atoms with E-state index < -0.39 is 0 Å². The van der Waals surface area contributed by atoms with Gasteiger partial charge in [-0.15, -0.1) is 0 Å². The fraction of sp³-hybridized carbons (Fsp3) is 0.278. The topological polar surface area (TPSA) is 83.1 Å². The van der Waals surface area contributed by atoms with E-state index in [1.807, 2.05) is 42.5 Å². The molecule has 0 fully saturated rings. The van der Waals surface area contributed by atoms with Gasteiger partial charge in [0, 0.05) is 44.0 Å². The molecule has 6 heteroatoms. The van der Waals surface area contributed by atoms with Crippen LogP contribution >= 0.6 is 0 Å². The van der Waals surface area contributed by atoms with Crippen molar-refractivity contribution in [2.24, 2.45) is 0 Å². The third kappa shape index (κ3) is 6.48. The average molecular weight is 326 g/mol. The molecule has 1 aromatic carbocycles. The Kier molecular flexibility index (Phi) is 6.76. The second-order valence-electron chi connectivity index (χ2n) is 5.38. The molecule has 0 spiro atoms. The van der Waals surface area contributed by atoms with E-state index in [-0.39, 0.29) is 11.9 Å². The van der Waals surface area contributed by atoms with Gasteiger partial charge in [0.25, 0.3) is 0 Å². The van der Waals surface area contributed by atoms with E-state index in [2.05, 4.69) is 20.9 Å². The van der Waals surface area contributed by atoms with Gasteiger partial charge in [-0.1, -0.05) is 18.2 Å². The molecule has 0 saturated heterocycles. The molecule has 6 nitrogen and oxygen atoms in total. The van der Waals surface area contributed by atoms with Crippen LogP contribution in [0, 0.1) is 0 Å². The summed E-state index contributed by atoms with van der Waals surface area (Å²) in [5, 5.41) is 8.35. The summed E-state index contributed by atoms with van der Waals surface area (Å²) in [4.78, 5) is 26.9. The molecular formula is C18H22N4O2. The van der Waals surface area contributed by atoms with Gasteiger partial charge in [-0.2, -0.15) is 0 Å². The standard InChI is InChI=1S/C18H22N4O2/c1-14(23)22-17-7-5-15(6-8-17)9-12-20-18(24)21-13-10-16-4-2-3-11-19-16/h2-8,11H,9-10,12-13H2,1H3,(H,22,23)(H2,20,21,24). The molecule has 0 aliphatic heterocycles. The van der Waals surface area contributed by atoms with Gasteiger partial charge in [-0.25, -0.2) is 4.79 Å². The zero-order valence-corrected chi connectivity index (χ0v) is 13.7. The maximum Gasteiger partial charge on any atom is 0.314 e. The van der Waals surface area contributed by atoms with Crippen molar-refractivity contribution in [3.8, 4) is 0 Å². The van der Waals surface area contributed by atoms with Crippen molar-refractivity contribution in [3.63, 3.8) is 0 Å². The van der Waals surface area contributed by atoms with Gasteiger partial charge >= 0.3 is 6.03 Å². The number of hydrogen-bond donors (Lipinski definition) is 3. The normalized spacial score (nSPS) is 10.0. The van der Waals surface area contributed by atoms with Gasteiger partial charge in [0.2, 0.25) is 5.91 Å². The number of amides is 3. The first-order valence-electron chi connectivity index (χ1n) is 7.91. The summed E-state index contributed by atoms with van der Waals surface area (Å²) < 4.78 is 0. The fourth-order valence-electron chi connectivity index (χ4n) is 2.19. The second kappa shape index (κ2) is 9.29. The van der Waals surface area contributed by atoms with Crippen molar-refractivity contribution in [2.75, 3.05) is 18.4 Å². The molecule has 0 aliphatic carbocycles. The van der Waals surface area contributed by atoms with Crippen molar-refractivity contribution in [1.82, 2.24) is 15.6 Å². The number of carbonyl (C=O) groups is 2. The second-order valence-corrected chi connectivity index (χ2v) is 5.38. The van der Waals surface area contributed by atoms with Crippen molar-refractivity contribution in [2.45, 2.75) is 19.8 Å². The van der Waals surface area contributed by atoms with Gasteiger partial charge in [0.05, 0.1) is 0 Å². The lowest BCUT2D eigenvalue weighted by Gasteiger charge is -2.08. The van der Waals surface area contributed by atoms with E-state index in [0.29, 0.717) is 19.5 Å². The largest absolute Gasteiger partial charge is 0.338 e. The van der Waals surface area contributed by atoms with E-state index in [0.717, 1.165) is 23.4 Å². The maximum atomic E-state index is 11.7. The van der Waals surface area contributed by atoms with Crippen LogP contribution in [0.1, 0.15) is 18.2 Å². The minimum absolute atomic E-state index is 0.0909. The molecule has 3 N–H and O–H groups in total. The summed E-state index contributed by atoms with van der Waals surface area (Å²) in [6, 6.07) is 13.1. The Morgan fingerprint density at radius 2 is 1.67 bits per heavy atom. The molecule has 0 unspecified atom stereocenters. The van der Waals surface area contributed by atoms with Gasteiger partial charge in [0.15, 0.2) is 0 Å². The van der Waals surface area contributed by atoms with Crippen LogP contribution in [-0.4, -0.2) is 30.0 Å². The predicted octanol–water partition coefficient (Wildman–Crippen LogP) is 2.12. The first kappa shape index (κ1) is 17.5. The summed E-state index contributed by atoms with van der Waals surface area (Å²) in [6.45, 7) is 2.58. The quantitative estimate of drug-likeness (QED) is 0.729. The molecule has 1 heterocycles. The minimum Gasteiger partial charge on any atom is -0.338 e. The van der Waals surface area contributed by atoms with Gasteiger partial charge in [-0.3, -0.25) is 9.78 Å². The minimum atomic E-state index is -0.180. The number of aromatic nitrogens is 1. The molecule has 0 radical (unpaired) electrons. The van der Waals surface area contributed by atoms with E-state index in [4.69, 9.17) is 0 Å². The maximum absolute atomic E-state index is 11.7. The highest BCUT2D eigenvalue weighted by atomic mass is 16.2. The van der Waals surface area contributed by atoms with Crippen molar-refractivity contribution >= 4 is 17.6 Å². The Morgan fingerprint density at radius 3 is 2.29 bits per heavy atom. The average Bonchev–Trinajstić information content (AvgIpc) is 2.57. The summed E-state index contributed by atoms with van der Waals surface area (Å²) in [6.07, 6.45) is 3.18. The Balaban J connectivity index is 1.62. The number of rotatable bonds is 7. The lowest BCUT2D eigenvalue weighted by atomic mass is 10.1. The van der Waals surface area contributed by atoms with Gasteiger partial charge in [0.1, 0.15) is 0 Å². The van der Waals surface area contributed by atoms with Crippen LogP contribution in [0.2, 0.25) is 0 Å². The summed E-state index contributed by atoms with van der Waals surface area (Å²) >= 11 is 0. The van der Waals surface area contributed by atoms with Crippen molar-refractivity contribution in [3.05, 3.63) is 59.9 Å². The van der Waals surface area contributed by atoms with E-state index >= 15 is 0 Å². The lowest BCUT2D eigenvalue weighted by Crippen LogP contribution is -2.37. The van der Waals surface area contributed by atoms with Crippen LogP contribution in [-0.2, 0) is 17.6 Å². The zero-order valence-electron chi connectivity index (χ0n) is 13.7. The fourth-order valence-corrected chi connectivity index (χ4v) is 2.19. The summed E-state index contributed by atoms with van der Waals surface area (Å²) in [5.41, 5.74) is 2.82. The molecule has 0 aliphatic rings. The first-order valence-corrected chi connectivity index (χ1v) is 7.91. The molecule has 0 atom stereocenters. The number of anilines is 1.